The molecule has 2 aromatic rings. The minimum Gasteiger partial charge on any atom is -0.508 e. The molecule has 0 fully saturated rings. The molecule has 29 heavy (non-hydrogen) atoms. The summed E-state index contributed by atoms with van der Waals surface area (Å²) in [5, 5.41) is 17.7. The van der Waals surface area contributed by atoms with Crippen LogP contribution in [0.4, 0.5) is 0 Å². The fourth-order valence-corrected chi connectivity index (χ4v) is 2.66. The quantitative estimate of drug-likeness (QED) is 0.349. The van der Waals surface area contributed by atoms with Crippen LogP contribution in [0.15, 0.2) is 94.8 Å². The molecule has 0 saturated carbocycles. The van der Waals surface area contributed by atoms with Crippen LogP contribution in [0, 0.1) is 12.2 Å². The molecule has 0 aliphatic heterocycles. The van der Waals surface area contributed by atoms with Crippen molar-refractivity contribution in [1.29, 1.82) is 0 Å². The molecule has 2 nitrogen and oxygen atoms in total. The Labute approximate surface area is 202 Å². The number of rotatable bonds is 2. The van der Waals surface area contributed by atoms with Crippen LogP contribution in [0.5, 0.6) is 11.5 Å². The third kappa shape index (κ3) is 15.1. The number of benzene rings is 2. The number of aromatic hydroxyl groups is 2. The van der Waals surface area contributed by atoms with Crippen LogP contribution in [-0.2, 0) is 26.2 Å². The Morgan fingerprint density at radius 2 is 1.00 bits per heavy atom. The molecule has 0 saturated heterocycles. The number of phenolic OH excluding ortho intramolecular Hbond substituents is 2. The Morgan fingerprint density at radius 1 is 0.655 bits per heavy atom. The Hall–Kier alpha value is -1.42. The first-order valence-corrected chi connectivity index (χ1v) is 11.2. The van der Waals surface area contributed by atoms with E-state index < -0.39 is 0 Å². The van der Waals surface area contributed by atoms with Crippen molar-refractivity contribution in [1.82, 2.24) is 0 Å². The molecule has 5 heteroatoms. The summed E-state index contributed by atoms with van der Waals surface area (Å²) >= 11 is 3.33. The molecule has 4 rings (SSSR count). The number of hydrogen-bond acceptors (Lipinski definition) is 4. The van der Waals surface area contributed by atoms with E-state index in [1.54, 1.807) is 47.8 Å². The van der Waals surface area contributed by atoms with E-state index in [1.807, 2.05) is 61.1 Å². The second kappa shape index (κ2) is 18.6. The Morgan fingerprint density at radius 3 is 1.17 bits per heavy atom. The van der Waals surface area contributed by atoms with Crippen molar-refractivity contribution in [3.05, 3.63) is 97.1 Å². The van der Waals surface area contributed by atoms with Gasteiger partial charge >= 0.3 is 26.2 Å². The van der Waals surface area contributed by atoms with Gasteiger partial charge in [-0.1, -0.05) is 0 Å². The van der Waals surface area contributed by atoms with Crippen molar-refractivity contribution >= 4 is 23.5 Å². The molecule has 0 bridgehead atoms. The Bertz CT molecular complexity index is 677. The van der Waals surface area contributed by atoms with Gasteiger partial charge in [0.05, 0.1) is 0 Å². The van der Waals surface area contributed by atoms with Gasteiger partial charge in [0.25, 0.3) is 0 Å². The van der Waals surface area contributed by atoms with Crippen molar-refractivity contribution in [2.75, 3.05) is 12.5 Å². The van der Waals surface area contributed by atoms with Crippen LogP contribution in [0.3, 0.4) is 0 Å². The van der Waals surface area contributed by atoms with Crippen molar-refractivity contribution < 1.29 is 36.4 Å². The molecule has 0 amide bonds. The maximum Gasteiger partial charge on any atom is 2.00 e. The number of allylic oxidation sites excluding steroid dienone is 8. The third-order valence-electron chi connectivity index (χ3n) is 3.32. The minimum atomic E-state index is 0. The molecule has 0 spiro atoms. The zero-order valence-electron chi connectivity index (χ0n) is 16.7. The van der Waals surface area contributed by atoms with E-state index in [2.05, 4.69) is 24.3 Å². The van der Waals surface area contributed by atoms with Gasteiger partial charge in [-0.15, -0.1) is 36.4 Å². The van der Waals surface area contributed by atoms with Gasteiger partial charge in [-0.2, -0.15) is 12.2 Å². The normalized spacial score (nSPS) is 11.9. The van der Waals surface area contributed by atoms with Crippen LogP contribution in [-0.4, -0.2) is 22.7 Å². The van der Waals surface area contributed by atoms with E-state index in [4.69, 9.17) is 10.2 Å². The minimum absolute atomic E-state index is 0. The van der Waals surface area contributed by atoms with Gasteiger partial charge in [-0.25, -0.2) is 24.3 Å². The molecule has 2 aliphatic rings. The van der Waals surface area contributed by atoms with Crippen LogP contribution in [0.25, 0.3) is 0 Å². The van der Waals surface area contributed by atoms with E-state index >= 15 is 0 Å². The number of thioether (sulfide) groups is 2. The van der Waals surface area contributed by atoms with Gasteiger partial charge in [0.1, 0.15) is 11.5 Å². The van der Waals surface area contributed by atoms with Crippen molar-refractivity contribution in [3.63, 3.8) is 0 Å². The molecule has 2 aliphatic carbocycles. The van der Waals surface area contributed by atoms with Crippen LogP contribution >= 0.6 is 23.5 Å². The molecule has 150 valence electrons. The predicted molar refractivity (Wildman–Crippen MR) is 123 cm³/mol. The van der Waals surface area contributed by atoms with Gasteiger partial charge in [0.2, 0.25) is 0 Å². The zero-order valence-corrected chi connectivity index (χ0v) is 20.8. The fraction of sp³-hybridized carbons (Fsp3) is 0.167. The summed E-state index contributed by atoms with van der Waals surface area (Å²) in [5.74, 6) is 0.653. The SMILES string of the molecule is CSc1ccc(O)cc1.CSc1ccc(O)cc1.[C-]1=CC=CC1.[C-]1=CC=CC1.[Zr+2]. The summed E-state index contributed by atoms with van der Waals surface area (Å²) in [6, 6.07) is 14.3. The summed E-state index contributed by atoms with van der Waals surface area (Å²) in [6.45, 7) is 0. The summed E-state index contributed by atoms with van der Waals surface area (Å²) in [7, 11) is 0. The molecule has 0 unspecified atom stereocenters. The van der Waals surface area contributed by atoms with E-state index in [0.717, 1.165) is 12.8 Å². The first-order valence-electron chi connectivity index (χ1n) is 8.75. The molecule has 0 radical (unpaired) electrons. The molecule has 2 N–H and O–H groups in total. The van der Waals surface area contributed by atoms with Gasteiger partial charge < -0.3 is 10.2 Å². The van der Waals surface area contributed by atoms with Crippen molar-refractivity contribution in [2.24, 2.45) is 0 Å². The first-order chi connectivity index (χ1) is 13.7. The van der Waals surface area contributed by atoms with Crippen LogP contribution in [0.2, 0.25) is 0 Å². The average Bonchev–Trinajstić information content (AvgIpc) is 3.48. The maximum absolute atomic E-state index is 8.84. The molecule has 0 heterocycles. The standard InChI is InChI=1S/2C7H8OS.2C5H5.Zr/c2*1-9-7-4-2-6(8)3-5-7;2*1-2-4-5-3-1;/h2*2-5,8H,1H3;2*1-3H,4H2;/q;;2*-1;+2. The molecule has 0 atom stereocenters. The predicted octanol–water partition coefficient (Wildman–Crippen LogP) is 6.84. The smallest absolute Gasteiger partial charge is 0.508 e. The number of hydrogen-bond donors (Lipinski definition) is 2. The van der Waals surface area contributed by atoms with Crippen LogP contribution in [0.1, 0.15) is 12.8 Å². The monoisotopic (exact) mass is 500 g/mol. The summed E-state index contributed by atoms with van der Waals surface area (Å²) in [6.07, 6.45) is 24.0. The average molecular weight is 502 g/mol. The van der Waals surface area contributed by atoms with Crippen molar-refractivity contribution in [3.8, 4) is 11.5 Å². The molecule has 0 aromatic heterocycles. The Kier molecular flexibility index (Phi) is 17.7. The molecular formula is C24H26O2S2Zr. The Balaban J connectivity index is 0.000000369. The summed E-state index contributed by atoms with van der Waals surface area (Å²) in [5.41, 5.74) is 0. The summed E-state index contributed by atoms with van der Waals surface area (Å²) < 4.78 is 0. The molecular weight excluding hydrogens is 476 g/mol. The van der Waals surface area contributed by atoms with E-state index in [-0.39, 0.29) is 26.2 Å². The fourth-order valence-electron chi connectivity index (χ4n) is 1.84. The van der Waals surface area contributed by atoms with Gasteiger partial charge in [0, 0.05) is 9.79 Å². The second-order valence-corrected chi connectivity index (χ2v) is 7.16. The summed E-state index contributed by atoms with van der Waals surface area (Å²) in [4.78, 5) is 2.35. The van der Waals surface area contributed by atoms with E-state index in [9.17, 15) is 0 Å². The van der Waals surface area contributed by atoms with E-state index in [1.165, 1.54) is 9.79 Å². The largest absolute Gasteiger partial charge is 2.00 e. The number of phenols is 2. The topological polar surface area (TPSA) is 40.5 Å². The first kappa shape index (κ1) is 27.6. The zero-order chi connectivity index (χ0) is 20.5. The second-order valence-electron chi connectivity index (χ2n) is 5.40. The van der Waals surface area contributed by atoms with Crippen molar-refractivity contribution in [2.45, 2.75) is 22.6 Å². The third-order valence-corrected chi connectivity index (χ3v) is 4.80. The maximum atomic E-state index is 8.84. The van der Waals surface area contributed by atoms with Crippen LogP contribution < -0.4 is 0 Å². The van der Waals surface area contributed by atoms with Gasteiger partial charge in [0.15, 0.2) is 0 Å². The van der Waals surface area contributed by atoms with Gasteiger partial charge in [-0.3, -0.25) is 12.2 Å². The molecule has 2 aromatic carbocycles. The van der Waals surface area contributed by atoms with Gasteiger partial charge in [-0.05, 0) is 61.0 Å². The van der Waals surface area contributed by atoms with E-state index in [0.29, 0.717) is 11.5 Å².